The van der Waals surface area contributed by atoms with Crippen LogP contribution in [-0.4, -0.2) is 15.8 Å². The van der Waals surface area contributed by atoms with E-state index in [4.69, 9.17) is 10.5 Å². The molecule has 0 saturated heterocycles. The molecule has 0 fully saturated rings. The predicted molar refractivity (Wildman–Crippen MR) is 72.4 cm³/mol. The Balaban J connectivity index is 2.37. The quantitative estimate of drug-likeness (QED) is 0.675. The summed E-state index contributed by atoms with van der Waals surface area (Å²) in [4.78, 5) is 20.0. The summed E-state index contributed by atoms with van der Waals surface area (Å²) in [5.74, 6) is 0.675. The number of hydrogen-bond donors (Lipinski definition) is 1. The maximum Gasteiger partial charge on any atom is 0.238 e. The number of anilines is 1. The van der Waals surface area contributed by atoms with Crippen LogP contribution in [0.1, 0.15) is 28.7 Å². The van der Waals surface area contributed by atoms with Crippen molar-refractivity contribution in [3.63, 3.8) is 0 Å². The third-order valence-electron chi connectivity index (χ3n) is 2.77. The van der Waals surface area contributed by atoms with Crippen LogP contribution in [0.25, 0.3) is 0 Å². The van der Waals surface area contributed by atoms with Gasteiger partial charge in [-0.15, -0.1) is 0 Å². The molecule has 1 aromatic carbocycles. The number of nitrogen functional groups attached to an aromatic ring is 1. The molecule has 0 radical (unpaired) electrons. The third-order valence-corrected chi connectivity index (χ3v) is 2.77. The smallest absolute Gasteiger partial charge is 0.238 e. The van der Waals surface area contributed by atoms with Crippen LogP contribution < -0.4 is 10.5 Å². The number of nitrogens with zero attached hydrogens (tertiary/aromatic N) is 2. The molecular formula is C14H15N3O2. The molecule has 0 aliphatic rings. The summed E-state index contributed by atoms with van der Waals surface area (Å²) in [6.07, 6.45) is 1.53. The second-order valence-electron chi connectivity index (χ2n) is 4.29. The highest BCUT2D eigenvalue weighted by atomic mass is 16.5. The zero-order valence-corrected chi connectivity index (χ0v) is 11.1. The van der Waals surface area contributed by atoms with E-state index in [0.717, 1.165) is 11.4 Å². The van der Waals surface area contributed by atoms with Crippen molar-refractivity contribution < 1.29 is 9.53 Å². The molecule has 0 saturated carbocycles. The van der Waals surface area contributed by atoms with E-state index in [1.807, 2.05) is 13.8 Å². The topological polar surface area (TPSA) is 78.1 Å². The van der Waals surface area contributed by atoms with Gasteiger partial charge in [-0.1, -0.05) is 0 Å². The van der Waals surface area contributed by atoms with Crippen molar-refractivity contribution in [3.05, 3.63) is 41.3 Å². The number of nitrogens with two attached hydrogens (primary N) is 1. The van der Waals surface area contributed by atoms with Gasteiger partial charge in [0.25, 0.3) is 0 Å². The number of rotatable bonds is 3. The number of Topliss-reactive ketones (excluding diaryl/α,β-unsaturated/α-hetero) is 1. The summed E-state index contributed by atoms with van der Waals surface area (Å²) in [6.45, 7) is 5.19. The molecule has 5 nitrogen and oxygen atoms in total. The minimum absolute atomic E-state index is 0.112. The van der Waals surface area contributed by atoms with Crippen LogP contribution in [0.4, 0.5) is 5.69 Å². The first-order valence-corrected chi connectivity index (χ1v) is 5.86. The molecule has 1 aromatic heterocycles. The van der Waals surface area contributed by atoms with Crippen LogP contribution in [0.2, 0.25) is 0 Å². The maximum absolute atomic E-state index is 11.6. The van der Waals surface area contributed by atoms with E-state index in [0.29, 0.717) is 22.9 Å². The molecular weight excluding hydrogens is 242 g/mol. The Morgan fingerprint density at radius 1 is 1.26 bits per heavy atom. The van der Waals surface area contributed by atoms with E-state index in [9.17, 15) is 4.79 Å². The lowest BCUT2D eigenvalue weighted by Crippen LogP contribution is -2.01. The minimum Gasteiger partial charge on any atom is -0.437 e. The predicted octanol–water partition coefficient (Wildman–Crippen LogP) is 2.67. The van der Waals surface area contributed by atoms with Gasteiger partial charge in [0.2, 0.25) is 5.88 Å². The van der Waals surface area contributed by atoms with Gasteiger partial charge in [0, 0.05) is 5.69 Å². The fraction of sp³-hybridized carbons (Fsp3) is 0.214. The molecule has 5 heteroatoms. The number of ether oxygens (including phenoxy) is 1. The average molecular weight is 257 g/mol. The lowest BCUT2D eigenvalue weighted by molar-refractivity contribution is 0.101. The van der Waals surface area contributed by atoms with E-state index in [-0.39, 0.29) is 5.78 Å². The van der Waals surface area contributed by atoms with Crippen molar-refractivity contribution in [2.45, 2.75) is 20.8 Å². The van der Waals surface area contributed by atoms with Gasteiger partial charge in [0.1, 0.15) is 5.75 Å². The molecule has 0 bridgehead atoms. The second-order valence-corrected chi connectivity index (χ2v) is 4.29. The van der Waals surface area contributed by atoms with Gasteiger partial charge in [-0.3, -0.25) is 9.78 Å². The number of benzene rings is 1. The van der Waals surface area contributed by atoms with Crippen molar-refractivity contribution in [2.75, 3.05) is 5.73 Å². The lowest BCUT2D eigenvalue weighted by atomic mass is 10.1. The van der Waals surface area contributed by atoms with E-state index in [1.165, 1.54) is 13.1 Å². The number of carbonyl (C=O) groups is 1. The Bertz CT molecular complexity index is 639. The molecule has 0 aliphatic carbocycles. The Labute approximate surface area is 111 Å². The molecule has 0 spiro atoms. The Morgan fingerprint density at radius 2 is 2.00 bits per heavy atom. The first kappa shape index (κ1) is 13.0. The third kappa shape index (κ3) is 2.88. The first-order valence-electron chi connectivity index (χ1n) is 5.86. The minimum atomic E-state index is -0.112. The number of ketones is 1. The van der Waals surface area contributed by atoms with E-state index < -0.39 is 0 Å². The normalized spacial score (nSPS) is 10.3. The van der Waals surface area contributed by atoms with Crippen LogP contribution in [0, 0.1) is 13.8 Å². The molecule has 0 atom stereocenters. The number of carbonyl (C=O) groups excluding carboxylic acids is 1. The van der Waals surface area contributed by atoms with Crippen LogP contribution >= 0.6 is 0 Å². The molecule has 19 heavy (non-hydrogen) atoms. The summed E-state index contributed by atoms with van der Waals surface area (Å²) in [5.41, 5.74) is 8.25. The summed E-state index contributed by atoms with van der Waals surface area (Å²) in [5, 5.41) is 0. The van der Waals surface area contributed by atoms with Crippen LogP contribution in [0.3, 0.4) is 0 Å². The fourth-order valence-electron chi connectivity index (χ4n) is 1.59. The van der Waals surface area contributed by atoms with Crippen LogP contribution in [-0.2, 0) is 0 Å². The Kier molecular flexibility index (Phi) is 3.46. The zero-order valence-electron chi connectivity index (χ0n) is 11.1. The fourth-order valence-corrected chi connectivity index (χ4v) is 1.59. The van der Waals surface area contributed by atoms with E-state index in [1.54, 1.807) is 18.2 Å². The molecule has 1 heterocycles. The molecule has 0 aliphatic heterocycles. The van der Waals surface area contributed by atoms with Gasteiger partial charge in [-0.25, -0.2) is 4.98 Å². The van der Waals surface area contributed by atoms with E-state index in [2.05, 4.69) is 9.97 Å². The van der Waals surface area contributed by atoms with Gasteiger partial charge in [-0.05, 0) is 39.0 Å². The van der Waals surface area contributed by atoms with Crippen molar-refractivity contribution in [3.8, 4) is 11.6 Å². The summed E-state index contributed by atoms with van der Waals surface area (Å²) >= 11 is 0. The summed E-state index contributed by atoms with van der Waals surface area (Å²) < 4.78 is 5.61. The molecule has 2 aromatic rings. The Hall–Kier alpha value is -2.43. The van der Waals surface area contributed by atoms with E-state index >= 15 is 0 Å². The second kappa shape index (κ2) is 5.06. The van der Waals surface area contributed by atoms with Crippen LogP contribution in [0.15, 0.2) is 24.4 Å². The largest absolute Gasteiger partial charge is 0.437 e. The molecule has 98 valence electrons. The van der Waals surface area contributed by atoms with Gasteiger partial charge < -0.3 is 10.5 Å². The van der Waals surface area contributed by atoms with Gasteiger partial charge in [0.15, 0.2) is 5.78 Å². The van der Waals surface area contributed by atoms with Crippen molar-refractivity contribution in [1.82, 2.24) is 9.97 Å². The number of aromatic nitrogens is 2. The molecule has 2 rings (SSSR count). The maximum atomic E-state index is 11.6. The highest BCUT2D eigenvalue weighted by Crippen LogP contribution is 2.26. The van der Waals surface area contributed by atoms with Crippen molar-refractivity contribution >= 4 is 11.5 Å². The van der Waals surface area contributed by atoms with Crippen LogP contribution in [0.5, 0.6) is 11.6 Å². The van der Waals surface area contributed by atoms with Crippen molar-refractivity contribution in [2.24, 2.45) is 0 Å². The van der Waals surface area contributed by atoms with Gasteiger partial charge in [-0.2, -0.15) is 0 Å². The lowest BCUT2D eigenvalue weighted by Gasteiger charge is -2.10. The number of hydrogen-bond acceptors (Lipinski definition) is 5. The highest BCUT2D eigenvalue weighted by molar-refractivity contribution is 5.97. The molecule has 0 amide bonds. The average Bonchev–Trinajstić information content (AvgIpc) is 2.36. The number of aryl methyl sites for hydroxylation is 2. The van der Waals surface area contributed by atoms with Crippen molar-refractivity contribution in [1.29, 1.82) is 0 Å². The summed E-state index contributed by atoms with van der Waals surface area (Å²) in [7, 11) is 0. The van der Waals surface area contributed by atoms with Gasteiger partial charge in [0.05, 0.1) is 23.1 Å². The summed E-state index contributed by atoms with van der Waals surface area (Å²) in [6, 6.07) is 4.92. The zero-order chi connectivity index (χ0) is 14.0. The molecule has 2 N–H and O–H groups in total. The van der Waals surface area contributed by atoms with Gasteiger partial charge >= 0.3 is 0 Å². The monoisotopic (exact) mass is 257 g/mol. The first-order chi connectivity index (χ1) is 8.97. The Morgan fingerprint density at radius 3 is 2.63 bits per heavy atom. The molecule has 0 unspecified atom stereocenters. The SMILES string of the molecule is CC(=O)c1cc(N)ccc1Oc1cnc(C)c(C)n1. The highest BCUT2D eigenvalue weighted by Gasteiger charge is 2.11. The standard InChI is InChI=1S/C14H15N3O2/c1-8-9(2)17-14(7-16-8)19-13-5-4-11(15)6-12(13)10(3)18/h4-7H,15H2,1-3H3.